The highest BCUT2D eigenvalue weighted by Gasteiger charge is 2.14. The number of benzene rings is 1. The standard InChI is InChI=1S/C12H11BrN2O3/c1-2-17-11(16)7-10-14-12(15-18-10)8-5-3-4-6-9(8)13/h3-6H,2,7H2,1H3. The molecule has 0 spiro atoms. The Bertz CT molecular complexity index is 554. The maximum absolute atomic E-state index is 11.3. The van der Waals surface area contributed by atoms with Crippen molar-refractivity contribution in [2.24, 2.45) is 0 Å². The third-order valence-corrected chi connectivity index (χ3v) is 2.88. The first-order chi connectivity index (χ1) is 8.70. The van der Waals surface area contributed by atoms with E-state index in [1.165, 1.54) is 0 Å². The van der Waals surface area contributed by atoms with Crippen molar-refractivity contribution >= 4 is 21.9 Å². The van der Waals surface area contributed by atoms with E-state index in [9.17, 15) is 4.79 Å². The number of rotatable bonds is 4. The molecular weight excluding hydrogens is 300 g/mol. The second-order valence-corrected chi connectivity index (χ2v) is 4.33. The zero-order valence-corrected chi connectivity index (χ0v) is 11.3. The summed E-state index contributed by atoms with van der Waals surface area (Å²) in [6.07, 6.45) is -0.00864. The van der Waals surface area contributed by atoms with Crippen LogP contribution in [0.1, 0.15) is 12.8 Å². The topological polar surface area (TPSA) is 65.2 Å². The molecule has 0 aliphatic carbocycles. The second-order valence-electron chi connectivity index (χ2n) is 3.47. The van der Waals surface area contributed by atoms with Crippen molar-refractivity contribution in [3.63, 3.8) is 0 Å². The lowest BCUT2D eigenvalue weighted by atomic mass is 10.2. The number of esters is 1. The molecule has 0 saturated carbocycles. The van der Waals surface area contributed by atoms with E-state index in [0.29, 0.717) is 12.4 Å². The Morgan fingerprint density at radius 1 is 1.44 bits per heavy atom. The van der Waals surface area contributed by atoms with Gasteiger partial charge < -0.3 is 9.26 Å². The number of nitrogens with zero attached hydrogens (tertiary/aromatic N) is 2. The summed E-state index contributed by atoms with van der Waals surface area (Å²) in [4.78, 5) is 15.4. The van der Waals surface area contributed by atoms with Crippen molar-refractivity contribution in [3.05, 3.63) is 34.6 Å². The number of carbonyl (C=O) groups excluding carboxylic acids is 1. The van der Waals surface area contributed by atoms with Crippen LogP contribution in [-0.4, -0.2) is 22.7 Å². The molecule has 94 valence electrons. The fraction of sp³-hybridized carbons (Fsp3) is 0.250. The van der Waals surface area contributed by atoms with Gasteiger partial charge in [-0.3, -0.25) is 4.79 Å². The van der Waals surface area contributed by atoms with Gasteiger partial charge in [0, 0.05) is 10.0 Å². The van der Waals surface area contributed by atoms with Crippen LogP contribution in [0, 0.1) is 0 Å². The van der Waals surface area contributed by atoms with Crippen LogP contribution < -0.4 is 0 Å². The molecule has 1 aromatic heterocycles. The number of ether oxygens (including phenoxy) is 1. The Morgan fingerprint density at radius 3 is 2.94 bits per heavy atom. The van der Waals surface area contributed by atoms with E-state index in [0.717, 1.165) is 10.0 Å². The van der Waals surface area contributed by atoms with Gasteiger partial charge in [-0.05, 0) is 19.1 Å². The smallest absolute Gasteiger partial charge is 0.315 e. The summed E-state index contributed by atoms with van der Waals surface area (Å²) in [6, 6.07) is 7.52. The first-order valence-electron chi connectivity index (χ1n) is 5.43. The molecule has 0 unspecified atom stereocenters. The molecular formula is C12H11BrN2O3. The van der Waals surface area contributed by atoms with Crippen LogP contribution in [0.2, 0.25) is 0 Å². The highest BCUT2D eigenvalue weighted by Crippen LogP contribution is 2.25. The first kappa shape index (κ1) is 12.8. The molecule has 1 aromatic carbocycles. The number of hydrogen-bond acceptors (Lipinski definition) is 5. The van der Waals surface area contributed by atoms with E-state index >= 15 is 0 Å². The zero-order chi connectivity index (χ0) is 13.0. The Balaban J connectivity index is 2.16. The molecule has 5 nitrogen and oxygen atoms in total. The molecule has 2 rings (SSSR count). The Kier molecular flexibility index (Phi) is 4.09. The normalized spacial score (nSPS) is 10.3. The van der Waals surface area contributed by atoms with Gasteiger partial charge in [0.2, 0.25) is 11.7 Å². The predicted molar refractivity (Wildman–Crippen MR) is 67.8 cm³/mol. The minimum absolute atomic E-state index is 0.00864. The van der Waals surface area contributed by atoms with Gasteiger partial charge in [-0.2, -0.15) is 4.98 Å². The quantitative estimate of drug-likeness (QED) is 0.812. The van der Waals surface area contributed by atoms with Gasteiger partial charge in [0.15, 0.2) is 0 Å². The summed E-state index contributed by atoms with van der Waals surface area (Å²) in [7, 11) is 0. The number of hydrogen-bond donors (Lipinski definition) is 0. The summed E-state index contributed by atoms with van der Waals surface area (Å²) in [5.74, 6) is 0.320. The van der Waals surface area contributed by atoms with Crippen molar-refractivity contribution in [2.45, 2.75) is 13.3 Å². The largest absolute Gasteiger partial charge is 0.466 e. The van der Waals surface area contributed by atoms with Crippen LogP contribution in [-0.2, 0) is 16.0 Å². The SMILES string of the molecule is CCOC(=O)Cc1nc(-c2ccccc2Br)no1. The fourth-order valence-corrected chi connectivity index (χ4v) is 1.88. The van der Waals surface area contributed by atoms with Crippen LogP contribution in [0.5, 0.6) is 0 Å². The summed E-state index contributed by atoms with van der Waals surface area (Å²) in [6.45, 7) is 2.09. The molecule has 0 N–H and O–H groups in total. The third kappa shape index (κ3) is 2.95. The van der Waals surface area contributed by atoms with Gasteiger partial charge in [0.25, 0.3) is 0 Å². The number of carbonyl (C=O) groups is 1. The van der Waals surface area contributed by atoms with Crippen LogP contribution >= 0.6 is 15.9 Å². The molecule has 1 heterocycles. The lowest BCUT2D eigenvalue weighted by Gasteiger charge is -1.97. The minimum Gasteiger partial charge on any atom is -0.466 e. The molecule has 18 heavy (non-hydrogen) atoms. The van der Waals surface area contributed by atoms with E-state index in [4.69, 9.17) is 9.26 Å². The van der Waals surface area contributed by atoms with E-state index in [2.05, 4.69) is 26.1 Å². The maximum atomic E-state index is 11.3. The second kappa shape index (κ2) is 5.77. The Labute approximate surface area is 112 Å². The molecule has 0 bridgehead atoms. The predicted octanol–water partition coefficient (Wildman–Crippen LogP) is 2.60. The van der Waals surface area contributed by atoms with Crippen LogP contribution in [0.15, 0.2) is 33.3 Å². The van der Waals surface area contributed by atoms with Crippen molar-refractivity contribution in [1.82, 2.24) is 10.1 Å². The summed E-state index contributed by atoms with van der Waals surface area (Å²) >= 11 is 3.40. The van der Waals surface area contributed by atoms with Crippen molar-refractivity contribution in [1.29, 1.82) is 0 Å². The molecule has 0 fully saturated rings. The molecule has 2 aromatic rings. The van der Waals surface area contributed by atoms with Gasteiger partial charge in [0.05, 0.1) is 6.61 Å². The van der Waals surface area contributed by atoms with E-state index < -0.39 is 0 Å². The molecule has 0 radical (unpaired) electrons. The van der Waals surface area contributed by atoms with E-state index in [-0.39, 0.29) is 18.3 Å². The van der Waals surface area contributed by atoms with E-state index in [1.54, 1.807) is 6.92 Å². The average Bonchev–Trinajstić information content (AvgIpc) is 2.78. The first-order valence-corrected chi connectivity index (χ1v) is 6.23. The van der Waals surface area contributed by atoms with E-state index in [1.807, 2.05) is 24.3 Å². The van der Waals surface area contributed by atoms with Gasteiger partial charge in [-0.25, -0.2) is 0 Å². The lowest BCUT2D eigenvalue weighted by Crippen LogP contribution is -2.07. The highest BCUT2D eigenvalue weighted by atomic mass is 79.9. The maximum Gasteiger partial charge on any atom is 0.315 e. The summed E-state index contributed by atoms with van der Waals surface area (Å²) in [5, 5.41) is 3.84. The summed E-state index contributed by atoms with van der Waals surface area (Å²) < 4.78 is 10.7. The van der Waals surface area contributed by atoms with Gasteiger partial charge in [-0.1, -0.05) is 33.2 Å². The average molecular weight is 311 g/mol. The highest BCUT2D eigenvalue weighted by molar-refractivity contribution is 9.10. The van der Waals surface area contributed by atoms with Crippen molar-refractivity contribution in [2.75, 3.05) is 6.61 Å². The molecule has 0 atom stereocenters. The van der Waals surface area contributed by atoms with Gasteiger partial charge in [0.1, 0.15) is 6.42 Å². The van der Waals surface area contributed by atoms with Crippen LogP contribution in [0.3, 0.4) is 0 Å². The van der Waals surface area contributed by atoms with Crippen molar-refractivity contribution in [3.8, 4) is 11.4 Å². The lowest BCUT2D eigenvalue weighted by molar-refractivity contribution is -0.142. The fourth-order valence-electron chi connectivity index (χ4n) is 1.41. The molecule has 6 heteroatoms. The Hall–Kier alpha value is -1.69. The molecule has 0 aliphatic heterocycles. The number of halogens is 1. The molecule has 0 aliphatic rings. The minimum atomic E-state index is -0.375. The van der Waals surface area contributed by atoms with Gasteiger partial charge in [-0.15, -0.1) is 0 Å². The zero-order valence-electron chi connectivity index (χ0n) is 9.72. The number of aromatic nitrogens is 2. The molecule has 0 saturated heterocycles. The third-order valence-electron chi connectivity index (χ3n) is 2.18. The Morgan fingerprint density at radius 2 is 2.22 bits per heavy atom. The van der Waals surface area contributed by atoms with Crippen molar-refractivity contribution < 1.29 is 14.1 Å². The summed E-state index contributed by atoms with van der Waals surface area (Å²) in [5.41, 5.74) is 0.816. The van der Waals surface area contributed by atoms with Gasteiger partial charge >= 0.3 is 5.97 Å². The van der Waals surface area contributed by atoms with Crippen LogP contribution in [0.4, 0.5) is 0 Å². The monoisotopic (exact) mass is 310 g/mol. The van der Waals surface area contributed by atoms with Crippen LogP contribution in [0.25, 0.3) is 11.4 Å². The molecule has 0 amide bonds.